The molecule has 0 aliphatic carbocycles. The number of halogens is 2. The van der Waals surface area contributed by atoms with E-state index in [2.05, 4.69) is 9.97 Å². The van der Waals surface area contributed by atoms with Crippen LogP contribution in [0.3, 0.4) is 0 Å². The number of rotatable bonds is 4. The zero-order valence-electron chi connectivity index (χ0n) is 16.7. The Kier molecular flexibility index (Phi) is 6.05. The molecule has 146 valence electrons. The van der Waals surface area contributed by atoms with Gasteiger partial charge < -0.3 is 14.5 Å². The first-order valence-corrected chi connectivity index (χ1v) is 9.27. The van der Waals surface area contributed by atoms with E-state index in [-0.39, 0.29) is 29.6 Å². The smallest absolute Gasteiger partial charge is 0.543 e. The summed E-state index contributed by atoms with van der Waals surface area (Å²) in [5.74, 6) is -1.90. The van der Waals surface area contributed by atoms with E-state index in [0.717, 1.165) is 5.69 Å². The van der Waals surface area contributed by atoms with Crippen LogP contribution in [0.4, 0.5) is 4.39 Å². The Morgan fingerprint density at radius 1 is 1.17 bits per heavy atom. The van der Waals surface area contributed by atoms with E-state index in [1.807, 2.05) is 42.8 Å². The monoisotopic (exact) mass is 415 g/mol. The van der Waals surface area contributed by atoms with Gasteiger partial charge in [0.25, 0.3) is 0 Å². The zero-order valence-corrected chi connectivity index (χ0v) is 17.4. The summed E-state index contributed by atoms with van der Waals surface area (Å²) >= 11 is 5.83. The van der Waals surface area contributed by atoms with Crippen LogP contribution in [-0.2, 0) is 5.54 Å². The number of nitrogens with zero attached hydrogens (tertiary/aromatic N) is 3. The Bertz CT molecular complexity index is 1240. The van der Waals surface area contributed by atoms with Crippen molar-refractivity contribution >= 4 is 28.6 Å². The second kappa shape index (κ2) is 8.23. The van der Waals surface area contributed by atoms with Crippen LogP contribution in [-0.4, -0.2) is 20.5 Å². The molecule has 0 saturated carbocycles. The number of carbonyl (C=O) groups excluding carboxylic acids is 1. The number of benzene rings is 1. The molecule has 3 heterocycles. The first-order valence-electron chi connectivity index (χ1n) is 8.90. The average Bonchev–Trinajstić information content (AvgIpc) is 3.10. The molecule has 0 atom stereocenters. The molecule has 0 amide bonds. The van der Waals surface area contributed by atoms with Crippen LogP contribution in [0.15, 0.2) is 60.9 Å². The molecule has 5 nitrogen and oxygen atoms in total. The first-order chi connectivity index (χ1) is 13.8. The van der Waals surface area contributed by atoms with Crippen LogP contribution in [0, 0.1) is 5.82 Å². The summed E-state index contributed by atoms with van der Waals surface area (Å²) in [7, 11) is 0. The van der Waals surface area contributed by atoms with Gasteiger partial charge in [-0.1, -0.05) is 23.7 Å². The Hall–Kier alpha value is -2.65. The van der Waals surface area contributed by atoms with E-state index in [0.29, 0.717) is 22.2 Å². The van der Waals surface area contributed by atoms with E-state index in [1.165, 1.54) is 18.2 Å². The maximum Gasteiger partial charge on any atom is 1.00 e. The van der Waals surface area contributed by atoms with Crippen molar-refractivity contribution in [3.63, 3.8) is 0 Å². The summed E-state index contributed by atoms with van der Waals surface area (Å²) in [6.07, 6.45) is 3.52. The number of pyridine rings is 2. The topological polar surface area (TPSA) is 70.8 Å². The minimum Gasteiger partial charge on any atom is -0.543 e. The summed E-state index contributed by atoms with van der Waals surface area (Å²) in [5, 5.41) is 12.1. The Morgan fingerprint density at radius 2 is 1.93 bits per heavy atom. The third-order valence-electron chi connectivity index (χ3n) is 4.99. The summed E-state index contributed by atoms with van der Waals surface area (Å²) in [6, 6.07) is 13.2. The predicted octanol–water partition coefficient (Wildman–Crippen LogP) is 1.04. The van der Waals surface area contributed by atoms with Gasteiger partial charge in [0.05, 0.1) is 27.9 Å². The maximum absolute atomic E-state index is 14.1. The minimum absolute atomic E-state index is 0. The third kappa shape index (κ3) is 3.74. The molecule has 0 bridgehead atoms. The summed E-state index contributed by atoms with van der Waals surface area (Å²) in [4.78, 5) is 20.1. The van der Waals surface area contributed by atoms with Crippen LogP contribution in [0.1, 0.15) is 30.0 Å². The number of aromatic carboxylic acids is 1. The minimum atomic E-state index is -1.37. The normalized spacial score (nSPS) is 11.3. The largest absolute Gasteiger partial charge is 1.00 e. The van der Waals surface area contributed by atoms with Crippen LogP contribution in [0.5, 0.6) is 0 Å². The Balaban J connectivity index is 0.00000256. The summed E-state index contributed by atoms with van der Waals surface area (Å²) in [6.45, 7) is 3.91. The van der Waals surface area contributed by atoms with E-state index < -0.39 is 17.3 Å². The van der Waals surface area contributed by atoms with Gasteiger partial charge in [-0.3, -0.25) is 4.98 Å². The van der Waals surface area contributed by atoms with Crippen molar-refractivity contribution in [3.8, 4) is 11.1 Å². The van der Waals surface area contributed by atoms with Gasteiger partial charge in [0, 0.05) is 23.3 Å². The molecule has 4 aromatic rings. The predicted molar refractivity (Wildman–Crippen MR) is 107 cm³/mol. The van der Waals surface area contributed by atoms with Gasteiger partial charge in [-0.15, -0.1) is 0 Å². The molecule has 4 rings (SSSR count). The number of carboxylic acid groups (broad SMARTS) is 1. The third-order valence-corrected chi connectivity index (χ3v) is 5.29. The maximum atomic E-state index is 14.1. The van der Waals surface area contributed by atoms with Crippen molar-refractivity contribution in [1.29, 1.82) is 0 Å². The van der Waals surface area contributed by atoms with Gasteiger partial charge in [0.1, 0.15) is 11.5 Å². The molecule has 0 fully saturated rings. The van der Waals surface area contributed by atoms with Crippen LogP contribution in [0.2, 0.25) is 5.02 Å². The molecular weight excluding hydrogens is 400 g/mol. The van der Waals surface area contributed by atoms with Crippen molar-refractivity contribution in [2.45, 2.75) is 19.4 Å². The van der Waals surface area contributed by atoms with Crippen molar-refractivity contribution in [3.05, 3.63) is 83.2 Å². The van der Waals surface area contributed by atoms with E-state index >= 15 is 0 Å². The molecule has 0 aliphatic heterocycles. The average molecular weight is 416 g/mol. The fourth-order valence-corrected chi connectivity index (χ4v) is 3.50. The standard InChI is InChI=1S/C22H17ClFN3O2.Li/c1-22(2,19-5-3-4-10-25-19)27-12-15(13-6-8-16(23)17(24)11-13)14-7-9-18(21(28)29)26-20(14)27;/h3-12H,1-2H3,(H,28,29);/q;+1/p-1. The number of aromatic nitrogens is 3. The van der Waals surface area contributed by atoms with E-state index in [4.69, 9.17) is 11.6 Å². The van der Waals surface area contributed by atoms with Gasteiger partial charge in [0.15, 0.2) is 0 Å². The molecule has 0 aliphatic rings. The van der Waals surface area contributed by atoms with E-state index in [1.54, 1.807) is 18.3 Å². The van der Waals surface area contributed by atoms with E-state index in [9.17, 15) is 14.3 Å². The first kappa shape index (κ1) is 22.0. The van der Waals surface area contributed by atoms with Gasteiger partial charge in [-0.25, -0.2) is 9.37 Å². The zero-order chi connectivity index (χ0) is 20.8. The van der Waals surface area contributed by atoms with Gasteiger partial charge in [-0.05, 0) is 55.8 Å². The Morgan fingerprint density at radius 3 is 2.57 bits per heavy atom. The molecule has 1 aromatic carbocycles. The molecular formula is C22H16ClFLiN3O2. The molecule has 0 unspecified atom stereocenters. The summed E-state index contributed by atoms with van der Waals surface area (Å²) in [5.41, 5.74) is 1.69. The fourth-order valence-electron chi connectivity index (χ4n) is 3.38. The van der Waals surface area contributed by atoms with Crippen LogP contribution in [0.25, 0.3) is 22.2 Å². The number of carbonyl (C=O) groups is 1. The molecule has 30 heavy (non-hydrogen) atoms. The molecule has 0 N–H and O–H groups in total. The number of carboxylic acids is 1. The SMILES string of the molecule is CC(C)(c1ccccn1)n1cc(-c2ccc(Cl)c(F)c2)c2ccc(C(=O)[O-])nc21.[Li+]. The van der Waals surface area contributed by atoms with Gasteiger partial charge in [0.2, 0.25) is 0 Å². The second-order valence-electron chi connectivity index (χ2n) is 7.17. The van der Waals surface area contributed by atoms with Crippen LogP contribution >= 0.6 is 11.6 Å². The molecule has 0 spiro atoms. The van der Waals surface area contributed by atoms with Crippen molar-refractivity contribution < 1.29 is 33.2 Å². The van der Waals surface area contributed by atoms with Gasteiger partial charge in [-0.2, -0.15) is 0 Å². The Labute approximate surface area is 189 Å². The van der Waals surface area contributed by atoms with Crippen LogP contribution < -0.4 is 24.0 Å². The quantitative estimate of drug-likeness (QED) is 0.467. The number of hydrogen-bond donors (Lipinski definition) is 0. The number of hydrogen-bond acceptors (Lipinski definition) is 4. The number of fused-ring (bicyclic) bond motifs is 1. The van der Waals surface area contributed by atoms with Crippen molar-refractivity contribution in [2.24, 2.45) is 0 Å². The molecule has 0 saturated heterocycles. The molecule has 3 aromatic heterocycles. The summed E-state index contributed by atoms with van der Waals surface area (Å²) < 4.78 is 15.9. The van der Waals surface area contributed by atoms with Gasteiger partial charge >= 0.3 is 18.9 Å². The van der Waals surface area contributed by atoms with Crippen molar-refractivity contribution in [2.75, 3.05) is 0 Å². The molecule has 0 radical (unpaired) electrons. The molecule has 8 heteroatoms. The van der Waals surface area contributed by atoms with Crippen molar-refractivity contribution in [1.82, 2.24) is 14.5 Å². The fraction of sp³-hybridized carbons (Fsp3) is 0.136. The second-order valence-corrected chi connectivity index (χ2v) is 7.58.